The fourth-order valence-electron chi connectivity index (χ4n) is 2.45. The van der Waals surface area contributed by atoms with Crippen molar-refractivity contribution in [1.82, 2.24) is 9.97 Å². The summed E-state index contributed by atoms with van der Waals surface area (Å²) in [6.45, 7) is 3.62. The number of phenolic OH excluding ortho intramolecular Hbond substituents is 1. The molecule has 0 fully saturated rings. The van der Waals surface area contributed by atoms with Crippen LogP contribution in [-0.2, 0) is 9.53 Å². The van der Waals surface area contributed by atoms with Crippen molar-refractivity contribution in [2.24, 2.45) is 0 Å². The van der Waals surface area contributed by atoms with Crippen LogP contribution in [0.15, 0.2) is 42.5 Å². The normalized spacial score (nSPS) is 10.6. The summed E-state index contributed by atoms with van der Waals surface area (Å²) >= 11 is 0. The lowest BCUT2D eigenvalue weighted by Gasteiger charge is -2.09. The first-order valence-corrected chi connectivity index (χ1v) is 7.86. The number of carbonyl (C=O) groups is 1. The third-order valence-electron chi connectivity index (χ3n) is 3.55. The van der Waals surface area contributed by atoms with Gasteiger partial charge in [-0.2, -0.15) is 4.98 Å². The molecule has 0 saturated heterocycles. The van der Waals surface area contributed by atoms with Crippen molar-refractivity contribution in [3.05, 3.63) is 48.2 Å². The molecular weight excluding hydrogens is 320 g/mol. The van der Waals surface area contributed by atoms with Gasteiger partial charge in [0, 0.05) is 24.2 Å². The van der Waals surface area contributed by atoms with Gasteiger partial charge < -0.3 is 14.6 Å². The van der Waals surface area contributed by atoms with Gasteiger partial charge in [-0.1, -0.05) is 18.2 Å². The third-order valence-corrected chi connectivity index (χ3v) is 3.55. The van der Waals surface area contributed by atoms with E-state index in [1.807, 2.05) is 31.2 Å². The quantitative estimate of drug-likeness (QED) is 0.568. The Morgan fingerprint density at radius 2 is 1.80 bits per heavy atom. The molecule has 0 spiro atoms. The number of aromatic nitrogens is 2. The van der Waals surface area contributed by atoms with Gasteiger partial charge in [0.1, 0.15) is 19.0 Å². The predicted octanol–water partition coefficient (Wildman–Crippen LogP) is 3.25. The van der Waals surface area contributed by atoms with Crippen LogP contribution in [0, 0.1) is 6.92 Å². The molecule has 1 N–H and O–H groups in total. The second-order valence-electron chi connectivity index (χ2n) is 5.61. The molecule has 0 saturated carbocycles. The molecule has 0 aliphatic rings. The van der Waals surface area contributed by atoms with E-state index in [0.717, 1.165) is 22.0 Å². The lowest BCUT2D eigenvalue weighted by molar-refractivity contribution is -0.141. The lowest BCUT2D eigenvalue weighted by Crippen LogP contribution is -2.10. The smallest absolute Gasteiger partial charge is 0.302 e. The van der Waals surface area contributed by atoms with Crippen molar-refractivity contribution >= 4 is 16.7 Å². The predicted molar refractivity (Wildman–Crippen MR) is 93.5 cm³/mol. The molecular formula is C19H18N2O4. The van der Waals surface area contributed by atoms with Crippen molar-refractivity contribution in [2.45, 2.75) is 13.8 Å². The molecule has 0 bridgehead atoms. The summed E-state index contributed by atoms with van der Waals surface area (Å²) in [7, 11) is 0. The van der Waals surface area contributed by atoms with Crippen LogP contribution >= 0.6 is 0 Å². The average molecular weight is 338 g/mol. The number of hydrogen-bond donors (Lipinski definition) is 1. The molecule has 0 aliphatic heterocycles. The van der Waals surface area contributed by atoms with Gasteiger partial charge in [-0.05, 0) is 35.9 Å². The fraction of sp³-hybridized carbons (Fsp3) is 0.211. The first-order valence-electron chi connectivity index (χ1n) is 7.86. The molecule has 1 heterocycles. The van der Waals surface area contributed by atoms with Gasteiger partial charge >= 0.3 is 5.97 Å². The summed E-state index contributed by atoms with van der Waals surface area (Å²) in [5.41, 5.74) is 1.63. The molecule has 3 aromatic rings. The van der Waals surface area contributed by atoms with E-state index < -0.39 is 0 Å². The molecule has 0 radical (unpaired) electrons. The van der Waals surface area contributed by atoms with Gasteiger partial charge in [0.25, 0.3) is 0 Å². The zero-order valence-corrected chi connectivity index (χ0v) is 14.0. The summed E-state index contributed by atoms with van der Waals surface area (Å²) in [5.74, 6) is 0.874. The monoisotopic (exact) mass is 338 g/mol. The molecule has 0 unspecified atom stereocenters. The van der Waals surface area contributed by atoms with Gasteiger partial charge in [0.05, 0.1) is 0 Å². The number of rotatable bonds is 5. The number of benzene rings is 2. The van der Waals surface area contributed by atoms with E-state index in [9.17, 15) is 9.90 Å². The molecule has 0 aliphatic carbocycles. The summed E-state index contributed by atoms with van der Waals surface area (Å²) in [6.07, 6.45) is 0. The highest BCUT2D eigenvalue weighted by atomic mass is 16.6. The molecule has 1 aromatic heterocycles. The standard InChI is InChI=1S/C19H18N2O4/c1-12-9-18(25-8-7-24-13(2)22)21-19(20-12)16-4-3-15-11-17(23)6-5-14(15)10-16/h3-6,9-11,23H,7-8H2,1-2H3. The van der Waals surface area contributed by atoms with Crippen LogP contribution < -0.4 is 4.74 Å². The minimum absolute atomic E-state index is 0.174. The maximum atomic E-state index is 10.8. The first kappa shape index (κ1) is 16.7. The SMILES string of the molecule is CC(=O)OCCOc1cc(C)nc(-c2ccc3cc(O)ccc3c2)n1. The number of phenols is 1. The fourth-order valence-corrected chi connectivity index (χ4v) is 2.45. The van der Waals surface area contributed by atoms with Crippen LogP contribution in [0.25, 0.3) is 22.2 Å². The molecule has 6 nitrogen and oxygen atoms in total. The van der Waals surface area contributed by atoms with E-state index in [4.69, 9.17) is 9.47 Å². The largest absolute Gasteiger partial charge is 0.508 e. The lowest BCUT2D eigenvalue weighted by atomic mass is 10.1. The Labute approximate surface area is 145 Å². The average Bonchev–Trinajstić information content (AvgIpc) is 2.57. The number of ether oxygens (including phenoxy) is 2. The minimum Gasteiger partial charge on any atom is -0.508 e. The Morgan fingerprint density at radius 3 is 2.60 bits per heavy atom. The Morgan fingerprint density at radius 1 is 1.04 bits per heavy atom. The third kappa shape index (κ3) is 4.23. The molecule has 25 heavy (non-hydrogen) atoms. The van der Waals surface area contributed by atoms with E-state index in [1.54, 1.807) is 18.2 Å². The highest BCUT2D eigenvalue weighted by Crippen LogP contribution is 2.26. The number of fused-ring (bicyclic) bond motifs is 1. The van der Waals surface area contributed by atoms with Crippen LogP contribution in [0.5, 0.6) is 11.6 Å². The summed E-state index contributed by atoms with van der Waals surface area (Å²) in [5, 5.41) is 11.5. The Bertz CT molecular complexity index is 924. The van der Waals surface area contributed by atoms with Gasteiger partial charge in [0.2, 0.25) is 5.88 Å². The molecule has 6 heteroatoms. The molecule has 0 atom stereocenters. The van der Waals surface area contributed by atoms with Crippen LogP contribution in [0.3, 0.4) is 0 Å². The molecule has 2 aromatic carbocycles. The van der Waals surface area contributed by atoms with Gasteiger partial charge in [-0.3, -0.25) is 4.79 Å². The maximum absolute atomic E-state index is 10.8. The number of nitrogens with zero attached hydrogens (tertiary/aromatic N) is 2. The highest BCUT2D eigenvalue weighted by Gasteiger charge is 2.08. The highest BCUT2D eigenvalue weighted by molar-refractivity contribution is 5.87. The Hall–Kier alpha value is -3.15. The number of aromatic hydroxyl groups is 1. The van der Waals surface area contributed by atoms with Crippen LogP contribution in [0.2, 0.25) is 0 Å². The van der Waals surface area contributed by atoms with E-state index in [1.165, 1.54) is 6.92 Å². The zero-order valence-electron chi connectivity index (χ0n) is 14.0. The van der Waals surface area contributed by atoms with Crippen LogP contribution in [0.4, 0.5) is 0 Å². The number of carbonyl (C=O) groups excluding carboxylic acids is 1. The summed E-state index contributed by atoms with van der Waals surface area (Å²) in [6, 6.07) is 12.7. The van der Waals surface area contributed by atoms with Gasteiger partial charge in [-0.25, -0.2) is 4.98 Å². The zero-order chi connectivity index (χ0) is 17.8. The number of hydrogen-bond acceptors (Lipinski definition) is 6. The van der Waals surface area contributed by atoms with Crippen LogP contribution in [0.1, 0.15) is 12.6 Å². The first-order chi connectivity index (χ1) is 12.0. The van der Waals surface area contributed by atoms with Gasteiger partial charge in [-0.15, -0.1) is 0 Å². The number of esters is 1. The summed E-state index contributed by atoms with van der Waals surface area (Å²) < 4.78 is 10.4. The maximum Gasteiger partial charge on any atom is 0.302 e. The Kier molecular flexibility index (Phi) is 4.79. The van der Waals surface area contributed by atoms with Crippen molar-refractivity contribution < 1.29 is 19.4 Å². The van der Waals surface area contributed by atoms with E-state index >= 15 is 0 Å². The topological polar surface area (TPSA) is 81.5 Å². The number of aryl methyl sites for hydroxylation is 1. The molecule has 128 valence electrons. The van der Waals surface area contributed by atoms with E-state index in [2.05, 4.69) is 9.97 Å². The second kappa shape index (κ2) is 7.17. The Balaban J connectivity index is 1.84. The van der Waals surface area contributed by atoms with Crippen molar-refractivity contribution in [2.75, 3.05) is 13.2 Å². The van der Waals surface area contributed by atoms with Crippen molar-refractivity contribution in [3.63, 3.8) is 0 Å². The van der Waals surface area contributed by atoms with Gasteiger partial charge in [0.15, 0.2) is 5.82 Å². The van der Waals surface area contributed by atoms with E-state index in [-0.39, 0.29) is 24.9 Å². The van der Waals surface area contributed by atoms with Crippen molar-refractivity contribution in [1.29, 1.82) is 0 Å². The van der Waals surface area contributed by atoms with Crippen LogP contribution in [-0.4, -0.2) is 34.3 Å². The molecule has 0 amide bonds. The van der Waals surface area contributed by atoms with Crippen molar-refractivity contribution in [3.8, 4) is 23.0 Å². The van der Waals surface area contributed by atoms with E-state index in [0.29, 0.717) is 11.7 Å². The summed E-state index contributed by atoms with van der Waals surface area (Å²) in [4.78, 5) is 19.6. The molecule has 3 rings (SSSR count). The second-order valence-corrected chi connectivity index (χ2v) is 5.61. The minimum atomic E-state index is -0.342.